The summed E-state index contributed by atoms with van der Waals surface area (Å²) in [4.78, 5) is 19.0. The van der Waals surface area contributed by atoms with Gasteiger partial charge in [0.25, 0.3) is 0 Å². The highest BCUT2D eigenvalue weighted by Gasteiger charge is 2.15. The zero-order chi connectivity index (χ0) is 20.6. The number of nitrogens with zero attached hydrogens (tertiary/aromatic N) is 2. The fourth-order valence-corrected chi connectivity index (χ4v) is 3.11. The van der Waals surface area contributed by atoms with E-state index < -0.39 is 0 Å². The first-order valence-electron chi connectivity index (χ1n) is 9.77. The number of carbonyl (C=O) groups is 1. The quantitative estimate of drug-likeness (QED) is 0.742. The predicted molar refractivity (Wildman–Crippen MR) is 112 cm³/mol. The molecule has 0 unspecified atom stereocenters. The summed E-state index contributed by atoms with van der Waals surface area (Å²) in [7, 11) is 1.60. The number of benzene rings is 1. The molecule has 156 valence electrons. The van der Waals surface area contributed by atoms with Gasteiger partial charge in [-0.05, 0) is 43.7 Å². The zero-order valence-electron chi connectivity index (χ0n) is 17.1. The number of rotatable bonds is 7. The van der Waals surface area contributed by atoms with Gasteiger partial charge in [0.2, 0.25) is 0 Å². The minimum Gasteiger partial charge on any atom is -0.493 e. The van der Waals surface area contributed by atoms with Crippen molar-refractivity contribution in [2.45, 2.75) is 19.9 Å². The van der Waals surface area contributed by atoms with E-state index in [1.807, 2.05) is 44.2 Å². The molecule has 2 heterocycles. The molecule has 1 aromatic heterocycles. The third-order valence-corrected chi connectivity index (χ3v) is 4.68. The minimum absolute atomic E-state index is 0.208. The van der Waals surface area contributed by atoms with Crippen molar-refractivity contribution in [3.8, 4) is 11.5 Å². The van der Waals surface area contributed by atoms with E-state index in [9.17, 15) is 4.79 Å². The van der Waals surface area contributed by atoms with Crippen molar-refractivity contribution in [3.63, 3.8) is 0 Å². The lowest BCUT2D eigenvalue weighted by Gasteiger charge is -2.27. The average Bonchev–Trinajstić information content (AvgIpc) is 2.75. The van der Waals surface area contributed by atoms with Crippen LogP contribution < -0.4 is 25.0 Å². The van der Waals surface area contributed by atoms with Gasteiger partial charge < -0.3 is 29.7 Å². The maximum atomic E-state index is 12.4. The molecule has 0 spiro atoms. The third kappa shape index (κ3) is 5.51. The molecule has 8 heteroatoms. The molecule has 2 amide bonds. The number of urea groups is 1. The first-order chi connectivity index (χ1) is 14.1. The number of hydrogen-bond acceptors (Lipinski definition) is 6. The molecule has 1 aliphatic rings. The second-order valence-electron chi connectivity index (χ2n) is 6.67. The highest BCUT2D eigenvalue weighted by molar-refractivity contribution is 5.89. The summed E-state index contributed by atoms with van der Waals surface area (Å²) >= 11 is 0. The monoisotopic (exact) mass is 400 g/mol. The van der Waals surface area contributed by atoms with E-state index in [4.69, 9.17) is 14.2 Å². The van der Waals surface area contributed by atoms with Crippen molar-refractivity contribution in [1.29, 1.82) is 0 Å². The van der Waals surface area contributed by atoms with E-state index in [0.717, 1.165) is 24.5 Å². The fraction of sp³-hybridized carbons (Fsp3) is 0.429. The summed E-state index contributed by atoms with van der Waals surface area (Å²) in [6, 6.07) is 8.88. The molecule has 0 bridgehead atoms. The topological polar surface area (TPSA) is 85.0 Å². The minimum atomic E-state index is -0.300. The van der Waals surface area contributed by atoms with Crippen molar-refractivity contribution in [2.75, 3.05) is 50.2 Å². The molecule has 29 heavy (non-hydrogen) atoms. The Morgan fingerprint density at radius 3 is 2.69 bits per heavy atom. The zero-order valence-corrected chi connectivity index (χ0v) is 17.1. The van der Waals surface area contributed by atoms with Crippen LogP contribution in [0.3, 0.4) is 0 Å². The van der Waals surface area contributed by atoms with E-state index in [1.165, 1.54) is 0 Å². The summed E-state index contributed by atoms with van der Waals surface area (Å²) in [5.41, 5.74) is 1.55. The van der Waals surface area contributed by atoms with Crippen LogP contribution in [0.1, 0.15) is 25.5 Å². The number of aromatic nitrogens is 1. The summed E-state index contributed by atoms with van der Waals surface area (Å²) in [5.74, 6) is 2.21. The van der Waals surface area contributed by atoms with Gasteiger partial charge in [-0.1, -0.05) is 6.07 Å². The fourth-order valence-electron chi connectivity index (χ4n) is 3.11. The smallest absolute Gasteiger partial charge is 0.319 e. The van der Waals surface area contributed by atoms with Crippen LogP contribution in [0.5, 0.6) is 11.5 Å². The molecule has 0 saturated carbocycles. The highest BCUT2D eigenvalue weighted by Crippen LogP contribution is 2.30. The molecular formula is C21H28N4O4. The molecule has 0 aliphatic carbocycles. The predicted octanol–water partition coefficient (Wildman–Crippen LogP) is 3.21. The Kier molecular flexibility index (Phi) is 7.13. The number of ether oxygens (including phenoxy) is 3. The van der Waals surface area contributed by atoms with Gasteiger partial charge >= 0.3 is 6.03 Å². The molecule has 0 radical (unpaired) electrons. The van der Waals surface area contributed by atoms with Crippen molar-refractivity contribution < 1.29 is 19.0 Å². The highest BCUT2D eigenvalue weighted by atomic mass is 16.5. The van der Waals surface area contributed by atoms with E-state index >= 15 is 0 Å². The van der Waals surface area contributed by atoms with Crippen LogP contribution >= 0.6 is 0 Å². The van der Waals surface area contributed by atoms with Crippen LogP contribution in [0.25, 0.3) is 0 Å². The molecule has 2 aromatic rings. The number of morpholine rings is 1. The normalized spacial score (nSPS) is 14.8. The Morgan fingerprint density at radius 1 is 1.24 bits per heavy atom. The molecule has 1 atom stereocenters. The van der Waals surface area contributed by atoms with Gasteiger partial charge in [0.15, 0.2) is 11.5 Å². The third-order valence-electron chi connectivity index (χ3n) is 4.68. The lowest BCUT2D eigenvalue weighted by molar-refractivity contribution is 0.122. The number of carbonyl (C=O) groups excluding carboxylic acids is 1. The molecule has 1 aliphatic heterocycles. The molecule has 8 nitrogen and oxygen atoms in total. The number of nitrogens with one attached hydrogen (secondary N) is 2. The Bertz CT molecular complexity index is 807. The number of methoxy groups -OCH3 is 1. The lowest BCUT2D eigenvalue weighted by Crippen LogP contribution is -2.36. The van der Waals surface area contributed by atoms with Crippen LogP contribution in [0, 0.1) is 0 Å². The molecule has 3 rings (SSSR count). The van der Waals surface area contributed by atoms with E-state index in [2.05, 4.69) is 20.5 Å². The Hall–Kier alpha value is -3.00. The van der Waals surface area contributed by atoms with Crippen molar-refractivity contribution in [2.24, 2.45) is 0 Å². The second kappa shape index (κ2) is 9.97. The van der Waals surface area contributed by atoms with E-state index in [0.29, 0.717) is 37.0 Å². The summed E-state index contributed by atoms with van der Waals surface area (Å²) in [5, 5.41) is 5.75. The van der Waals surface area contributed by atoms with Crippen LogP contribution in [-0.2, 0) is 4.74 Å². The molecule has 2 N–H and O–H groups in total. The molecule has 1 aromatic carbocycles. The van der Waals surface area contributed by atoms with E-state index in [1.54, 1.807) is 13.3 Å². The first kappa shape index (κ1) is 20.7. The van der Waals surface area contributed by atoms with Gasteiger partial charge in [-0.15, -0.1) is 0 Å². The van der Waals surface area contributed by atoms with Crippen LogP contribution in [0.15, 0.2) is 36.5 Å². The van der Waals surface area contributed by atoms with Gasteiger partial charge in [-0.3, -0.25) is 0 Å². The van der Waals surface area contributed by atoms with Gasteiger partial charge in [-0.2, -0.15) is 0 Å². The first-order valence-corrected chi connectivity index (χ1v) is 9.77. The second-order valence-corrected chi connectivity index (χ2v) is 6.67. The largest absolute Gasteiger partial charge is 0.493 e. The Morgan fingerprint density at radius 2 is 2.03 bits per heavy atom. The van der Waals surface area contributed by atoms with Gasteiger partial charge in [0.1, 0.15) is 5.82 Å². The standard InChI is InChI=1S/C21H28N4O4/c1-4-29-18-7-5-16(13-19(18)27-3)15(2)23-21(26)24-17-6-8-20(22-14-17)25-9-11-28-12-10-25/h5-8,13-15H,4,9-12H2,1-3H3,(H2,23,24,26)/t15-/m0/s1. The lowest BCUT2D eigenvalue weighted by atomic mass is 10.1. The van der Waals surface area contributed by atoms with Crippen LogP contribution in [0.4, 0.5) is 16.3 Å². The Balaban J connectivity index is 1.57. The molecule has 1 fully saturated rings. The molecular weight excluding hydrogens is 372 g/mol. The van der Waals surface area contributed by atoms with Crippen molar-refractivity contribution in [1.82, 2.24) is 10.3 Å². The van der Waals surface area contributed by atoms with Crippen LogP contribution in [-0.4, -0.2) is 51.0 Å². The summed E-state index contributed by atoms with van der Waals surface area (Å²) < 4.78 is 16.3. The Labute approximate surface area is 171 Å². The van der Waals surface area contributed by atoms with Crippen molar-refractivity contribution >= 4 is 17.5 Å². The maximum absolute atomic E-state index is 12.4. The van der Waals surface area contributed by atoms with Gasteiger partial charge in [0.05, 0.1) is 44.9 Å². The number of hydrogen-bond donors (Lipinski definition) is 2. The maximum Gasteiger partial charge on any atom is 0.319 e. The number of amides is 2. The van der Waals surface area contributed by atoms with Crippen molar-refractivity contribution in [3.05, 3.63) is 42.1 Å². The van der Waals surface area contributed by atoms with Crippen LogP contribution in [0.2, 0.25) is 0 Å². The molecule has 1 saturated heterocycles. The summed E-state index contributed by atoms with van der Waals surface area (Å²) in [6.45, 7) is 7.45. The average molecular weight is 400 g/mol. The number of anilines is 2. The number of pyridine rings is 1. The summed E-state index contributed by atoms with van der Waals surface area (Å²) in [6.07, 6.45) is 1.66. The SMILES string of the molecule is CCOc1ccc([C@H](C)NC(=O)Nc2ccc(N3CCOCC3)nc2)cc1OC. The van der Waals surface area contributed by atoms with Gasteiger partial charge in [0, 0.05) is 13.1 Å². The van der Waals surface area contributed by atoms with Gasteiger partial charge in [-0.25, -0.2) is 9.78 Å². The van der Waals surface area contributed by atoms with E-state index in [-0.39, 0.29) is 12.1 Å².